The van der Waals surface area contributed by atoms with E-state index >= 15 is 0 Å². The van der Waals surface area contributed by atoms with Gasteiger partial charge in [0.25, 0.3) is 5.24 Å². The zero-order valence-electron chi connectivity index (χ0n) is 12.3. The Balaban J connectivity index is 2.31. The first-order valence-corrected chi connectivity index (χ1v) is 7.57. The molecule has 0 atom stereocenters. The lowest BCUT2D eigenvalue weighted by molar-refractivity contribution is 0.0728. The SMILES string of the molecule is COc1ccc(C(=O)Oc2c(Br)cc(C(=O)Cl)cc2OC)cc1. The maximum atomic E-state index is 12.2. The molecule has 0 spiro atoms. The maximum absolute atomic E-state index is 12.2. The standard InChI is InChI=1S/C16H12BrClO5/c1-21-11-5-3-9(4-6-11)16(20)23-14-12(17)7-10(15(18)19)8-13(14)22-2/h3-8H,1-2H3. The number of benzene rings is 2. The number of carbonyl (C=O) groups excluding carboxylic acids is 2. The molecule has 0 aliphatic carbocycles. The summed E-state index contributed by atoms with van der Waals surface area (Å²) in [6, 6.07) is 9.32. The van der Waals surface area contributed by atoms with Gasteiger partial charge < -0.3 is 14.2 Å². The summed E-state index contributed by atoms with van der Waals surface area (Å²) in [5, 5.41) is -0.642. The van der Waals surface area contributed by atoms with Crippen molar-refractivity contribution in [2.75, 3.05) is 14.2 Å². The Morgan fingerprint density at radius 1 is 1.00 bits per heavy atom. The van der Waals surface area contributed by atoms with Crippen LogP contribution in [0.3, 0.4) is 0 Å². The number of ether oxygens (including phenoxy) is 3. The van der Waals surface area contributed by atoms with Crippen LogP contribution in [0, 0.1) is 0 Å². The molecule has 0 aliphatic rings. The average molecular weight is 400 g/mol. The highest BCUT2D eigenvalue weighted by Crippen LogP contribution is 2.37. The zero-order valence-corrected chi connectivity index (χ0v) is 14.6. The lowest BCUT2D eigenvalue weighted by atomic mass is 10.2. The van der Waals surface area contributed by atoms with Gasteiger partial charge in [0, 0.05) is 5.56 Å². The van der Waals surface area contributed by atoms with E-state index in [4.69, 9.17) is 25.8 Å². The molecular formula is C16H12BrClO5. The summed E-state index contributed by atoms with van der Waals surface area (Å²) in [6.07, 6.45) is 0. The summed E-state index contributed by atoms with van der Waals surface area (Å²) in [7, 11) is 2.93. The molecule has 0 fully saturated rings. The summed E-state index contributed by atoms with van der Waals surface area (Å²) < 4.78 is 15.9. The van der Waals surface area contributed by atoms with Gasteiger partial charge in [0.05, 0.1) is 24.3 Å². The van der Waals surface area contributed by atoms with Crippen LogP contribution in [0.5, 0.6) is 17.2 Å². The second kappa shape index (κ2) is 7.48. The lowest BCUT2D eigenvalue weighted by Gasteiger charge is -2.12. The van der Waals surface area contributed by atoms with E-state index in [1.54, 1.807) is 24.3 Å². The van der Waals surface area contributed by atoms with Gasteiger partial charge in [0.1, 0.15) is 5.75 Å². The highest BCUT2D eigenvalue weighted by atomic mass is 79.9. The smallest absolute Gasteiger partial charge is 0.343 e. The zero-order chi connectivity index (χ0) is 17.0. The molecule has 0 radical (unpaired) electrons. The summed E-state index contributed by atoms with van der Waals surface area (Å²) in [4.78, 5) is 23.5. The predicted octanol–water partition coefficient (Wildman–Crippen LogP) is 4.06. The average Bonchev–Trinajstić information content (AvgIpc) is 2.56. The molecule has 0 N–H and O–H groups in total. The first kappa shape index (κ1) is 17.3. The van der Waals surface area contributed by atoms with Crippen LogP contribution in [0.25, 0.3) is 0 Å². The maximum Gasteiger partial charge on any atom is 0.343 e. The van der Waals surface area contributed by atoms with Gasteiger partial charge >= 0.3 is 5.97 Å². The van der Waals surface area contributed by atoms with Gasteiger partial charge in [-0.25, -0.2) is 4.79 Å². The number of halogens is 2. The Kier molecular flexibility index (Phi) is 5.63. The first-order valence-electron chi connectivity index (χ1n) is 6.40. The lowest BCUT2D eigenvalue weighted by Crippen LogP contribution is -2.10. The van der Waals surface area contributed by atoms with E-state index in [2.05, 4.69) is 15.9 Å². The van der Waals surface area contributed by atoms with Gasteiger partial charge in [-0.1, -0.05) is 0 Å². The number of carbonyl (C=O) groups is 2. The van der Waals surface area contributed by atoms with Gasteiger partial charge in [-0.3, -0.25) is 4.79 Å². The van der Waals surface area contributed by atoms with Crippen molar-refractivity contribution in [2.45, 2.75) is 0 Å². The molecule has 0 saturated carbocycles. The minimum Gasteiger partial charge on any atom is -0.497 e. The van der Waals surface area contributed by atoms with Gasteiger partial charge in [-0.15, -0.1) is 0 Å². The van der Waals surface area contributed by atoms with E-state index in [1.165, 1.54) is 26.4 Å². The predicted molar refractivity (Wildman–Crippen MR) is 88.8 cm³/mol. The number of hydrogen-bond donors (Lipinski definition) is 0. The van der Waals surface area contributed by atoms with Crippen molar-refractivity contribution in [1.29, 1.82) is 0 Å². The highest BCUT2D eigenvalue weighted by molar-refractivity contribution is 9.10. The Morgan fingerprint density at radius 2 is 1.65 bits per heavy atom. The van der Waals surface area contributed by atoms with E-state index < -0.39 is 11.2 Å². The fourth-order valence-electron chi connectivity index (χ4n) is 1.81. The topological polar surface area (TPSA) is 61.8 Å². The van der Waals surface area contributed by atoms with Gasteiger partial charge in [-0.2, -0.15) is 0 Å². The first-order chi connectivity index (χ1) is 11.0. The molecule has 0 bridgehead atoms. The van der Waals surface area contributed by atoms with Crippen molar-refractivity contribution < 1.29 is 23.8 Å². The van der Waals surface area contributed by atoms with Crippen LogP contribution < -0.4 is 14.2 Å². The van der Waals surface area contributed by atoms with Gasteiger partial charge in [-0.05, 0) is 63.9 Å². The minimum atomic E-state index is -0.642. The van der Waals surface area contributed by atoms with Crippen molar-refractivity contribution in [3.8, 4) is 17.2 Å². The van der Waals surface area contributed by atoms with Crippen LogP contribution >= 0.6 is 27.5 Å². The normalized spacial score (nSPS) is 10.1. The van der Waals surface area contributed by atoms with Crippen LogP contribution in [0.2, 0.25) is 0 Å². The largest absolute Gasteiger partial charge is 0.497 e. The van der Waals surface area contributed by atoms with Gasteiger partial charge in [0.15, 0.2) is 11.5 Å². The second-order valence-corrected chi connectivity index (χ2v) is 5.58. The molecule has 0 heterocycles. The Morgan fingerprint density at radius 3 is 2.17 bits per heavy atom. The molecule has 0 unspecified atom stereocenters. The molecule has 23 heavy (non-hydrogen) atoms. The molecule has 0 aliphatic heterocycles. The minimum absolute atomic E-state index is 0.162. The van der Waals surface area contributed by atoms with E-state index in [0.29, 0.717) is 15.8 Å². The summed E-state index contributed by atoms with van der Waals surface area (Å²) in [6.45, 7) is 0. The van der Waals surface area contributed by atoms with Crippen LogP contribution in [0.1, 0.15) is 20.7 Å². The van der Waals surface area contributed by atoms with Crippen LogP contribution in [-0.2, 0) is 0 Å². The van der Waals surface area contributed by atoms with E-state index in [-0.39, 0.29) is 17.1 Å². The molecule has 2 rings (SSSR count). The Hall–Kier alpha value is -2.05. The molecule has 0 saturated heterocycles. The molecule has 5 nitrogen and oxygen atoms in total. The summed E-state index contributed by atoms with van der Waals surface area (Å²) in [5.74, 6) is 0.433. The third-order valence-electron chi connectivity index (χ3n) is 2.98. The van der Waals surface area contributed by atoms with E-state index in [0.717, 1.165) is 0 Å². The van der Waals surface area contributed by atoms with E-state index in [1.807, 2.05) is 0 Å². The van der Waals surface area contributed by atoms with Crippen molar-refractivity contribution in [1.82, 2.24) is 0 Å². The fraction of sp³-hybridized carbons (Fsp3) is 0.125. The molecule has 2 aromatic rings. The molecule has 0 amide bonds. The molecule has 2 aromatic carbocycles. The van der Waals surface area contributed by atoms with Crippen molar-refractivity contribution >= 4 is 38.7 Å². The second-order valence-electron chi connectivity index (χ2n) is 4.38. The summed E-state index contributed by atoms with van der Waals surface area (Å²) >= 11 is 8.69. The summed E-state index contributed by atoms with van der Waals surface area (Å²) in [5.41, 5.74) is 0.567. The highest BCUT2D eigenvalue weighted by Gasteiger charge is 2.18. The quantitative estimate of drug-likeness (QED) is 0.431. The van der Waals surface area contributed by atoms with Crippen molar-refractivity contribution in [2.24, 2.45) is 0 Å². The molecular weight excluding hydrogens is 388 g/mol. The van der Waals surface area contributed by atoms with Crippen LogP contribution in [0.15, 0.2) is 40.9 Å². The van der Waals surface area contributed by atoms with E-state index in [9.17, 15) is 9.59 Å². The van der Waals surface area contributed by atoms with Gasteiger partial charge in [0.2, 0.25) is 0 Å². The number of hydrogen-bond acceptors (Lipinski definition) is 5. The van der Waals surface area contributed by atoms with Crippen LogP contribution in [0.4, 0.5) is 0 Å². The number of esters is 1. The molecule has 0 aromatic heterocycles. The monoisotopic (exact) mass is 398 g/mol. The molecule has 120 valence electrons. The Labute approximate surface area is 146 Å². The Bertz CT molecular complexity index is 743. The van der Waals surface area contributed by atoms with Crippen molar-refractivity contribution in [3.63, 3.8) is 0 Å². The third kappa shape index (κ3) is 4.03. The molecule has 7 heteroatoms. The van der Waals surface area contributed by atoms with Crippen molar-refractivity contribution in [3.05, 3.63) is 52.0 Å². The fourth-order valence-corrected chi connectivity index (χ4v) is 2.44. The number of rotatable bonds is 5. The van der Waals surface area contributed by atoms with Crippen LogP contribution in [-0.4, -0.2) is 25.4 Å². The third-order valence-corrected chi connectivity index (χ3v) is 3.78. The number of methoxy groups -OCH3 is 2.